The zero-order chi connectivity index (χ0) is 23.8. The Morgan fingerprint density at radius 3 is 2.47 bits per heavy atom. The molecule has 174 valence electrons. The van der Waals surface area contributed by atoms with Crippen molar-refractivity contribution in [2.24, 2.45) is 0 Å². The lowest BCUT2D eigenvalue weighted by atomic mass is 10.1. The smallest absolute Gasteiger partial charge is 0.221 e. The number of nitrogens with one attached hydrogen (secondary N) is 2. The van der Waals surface area contributed by atoms with E-state index < -0.39 is 0 Å². The summed E-state index contributed by atoms with van der Waals surface area (Å²) in [6.45, 7) is 2.66. The zero-order valence-electron chi connectivity index (χ0n) is 19.3. The molecule has 1 heterocycles. The molecule has 0 aliphatic heterocycles. The number of ether oxygens (including phenoxy) is 1. The Morgan fingerprint density at radius 2 is 1.76 bits per heavy atom. The van der Waals surface area contributed by atoms with Gasteiger partial charge in [-0.2, -0.15) is 0 Å². The lowest BCUT2D eigenvalue weighted by Gasteiger charge is -2.15. The summed E-state index contributed by atoms with van der Waals surface area (Å²) >= 11 is 1.49. The Bertz CT molecular complexity index is 1190. The first-order valence-electron chi connectivity index (χ1n) is 11.2. The molecule has 4 aromatic rings. The van der Waals surface area contributed by atoms with E-state index in [0.29, 0.717) is 23.9 Å². The molecule has 0 saturated heterocycles. The zero-order valence-corrected chi connectivity index (χ0v) is 20.1. The van der Waals surface area contributed by atoms with Crippen LogP contribution in [0.1, 0.15) is 28.4 Å². The van der Waals surface area contributed by atoms with Gasteiger partial charge in [0.2, 0.25) is 11.1 Å². The van der Waals surface area contributed by atoms with Crippen molar-refractivity contribution in [2.75, 3.05) is 13.7 Å². The third-order valence-corrected chi connectivity index (χ3v) is 6.59. The molecule has 0 saturated carbocycles. The number of aromatic amines is 1. The molecule has 0 radical (unpaired) electrons. The van der Waals surface area contributed by atoms with Crippen molar-refractivity contribution in [3.8, 4) is 17.1 Å². The monoisotopic (exact) mass is 472 g/mol. The second-order valence-electron chi connectivity index (χ2n) is 8.00. The number of hydrogen-bond acceptors (Lipinski definition) is 5. The van der Waals surface area contributed by atoms with Crippen LogP contribution in [-0.2, 0) is 11.2 Å². The summed E-state index contributed by atoms with van der Waals surface area (Å²) < 4.78 is 5.22. The van der Waals surface area contributed by atoms with E-state index in [4.69, 9.17) is 4.74 Å². The highest BCUT2D eigenvalue weighted by Crippen LogP contribution is 2.37. The predicted octanol–water partition coefficient (Wildman–Crippen LogP) is 5.37. The molecule has 0 bridgehead atoms. The standard InChI is InChI=1S/C27H28N4O2S/c1-19-8-10-21(11-9-19)24(18-25(32)28-17-16-20-6-4-3-5-7-20)34-27-29-26(30-31-27)22-12-14-23(33-2)15-13-22/h3-15,24H,16-18H2,1-2H3,(H,28,32)(H,29,30,31)/t24-/m1/s1. The predicted molar refractivity (Wildman–Crippen MR) is 136 cm³/mol. The normalized spacial score (nSPS) is 11.7. The molecule has 34 heavy (non-hydrogen) atoms. The van der Waals surface area contributed by atoms with Crippen LogP contribution < -0.4 is 10.1 Å². The number of nitrogens with zero attached hydrogens (tertiary/aromatic N) is 2. The van der Waals surface area contributed by atoms with E-state index in [1.807, 2.05) is 42.5 Å². The van der Waals surface area contributed by atoms with Crippen LogP contribution >= 0.6 is 11.8 Å². The van der Waals surface area contributed by atoms with Crippen molar-refractivity contribution in [2.45, 2.75) is 30.2 Å². The Balaban J connectivity index is 1.43. The second kappa shape index (κ2) is 11.5. The molecule has 1 atom stereocenters. The molecule has 1 aromatic heterocycles. The number of carbonyl (C=O) groups excluding carboxylic acids is 1. The van der Waals surface area contributed by atoms with Gasteiger partial charge in [0, 0.05) is 23.8 Å². The summed E-state index contributed by atoms with van der Waals surface area (Å²) in [6, 6.07) is 26.1. The molecular formula is C27H28N4O2S. The number of thioether (sulfide) groups is 1. The van der Waals surface area contributed by atoms with Crippen LogP contribution in [0.5, 0.6) is 5.75 Å². The fourth-order valence-electron chi connectivity index (χ4n) is 3.54. The number of benzene rings is 3. The summed E-state index contributed by atoms with van der Waals surface area (Å²) in [6.07, 6.45) is 1.15. The van der Waals surface area contributed by atoms with Gasteiger partial charge in [0.15, 0.2) is 5.82 Å². The van der Waals surface area contributed by atoms with Crippen molar-refractivity contribution < 1.29 is 9.53 Å². The van der Waals surface area contributed by atoms with Gasteiger partial charge in [0.1, 0.15) is 5.75 Å². The number of H-pyrrole nitrogens is 1. The SMILES string of the molecule is COc1ccc(-c2nc(S[C@H](CC(=O)NCCc3ccccc3)c3ccc(C)cc3)n[nH]2)cc1. The molecule has 3 aromatic carbocycles. The number of aromatic nitrogens is 3. The van der Waals surface area contributed by atoms with Crippen molar-refractivity contribution in [3.05, 3.63) is 95.6 Å². The summed E-state index contributed by atoms with van der Waals surface area (Å²) in [7, 11) is 1.64. The Labute approximate surface area is 204 Å². The molecule has 0 aliphatic carbocycles. The largest absolute Gasteiger partial charge is 0.497 e. The fourth-order valence-corrected chi connectivity index (χ4v) is 4.57. The van der Waals surface area contributed by atoms with Crippen molar-refractivity contribution >= 4 is 17.7 Å². The van der Waals surface area contributed by atoms with Crippen LogP contribution in [0.4, 0.5) is 0 Å². The van der Waals surface area contributed by atoms with Gasteiger partial charge in [-0.3, -0.25) is 9.89 Å². The molecule has 1 amide bonds. The minimum absolute atomic E-state index is 0.0138. The molecule has 0 spiro atoms. The first kappa shape index (κ1) is 23.6. The van der Waals surface area contributed by atoms with Gasteiger partial charge in [-0.15, -0.1) is 5.10 Å². The molecule has 0 fully saturated rings. The average molecular weight is 473 g/mol. The molecular weight excluding hydrogens is 444 g/mol. The van der Waals surface area contributed by atoms with E-state index in [2.05, 4.69) is 63.8 Å². The number of hydrogen-bond donors (Lipinski definition) is 2. The number of amides is 1. The lowest BCUT2D eigenvalue weighted by Crippen LogP contribution is -2.26. The van der Waals surface area contributed by atoms with Gasteiger partial charge in [0.05, 0.1) is 7.11 Å². The van der Waals surface area contributed by atoms with E-state index in [1.54, 1.807) is 7.11 Å². The van der Waals surface area contributed by atoms with Gasteiger partial charge in [-0.1, -0.05) is 71.9 Å². The summed E-state index contributed by atoms with van der Waals surface area (Å²) in [5, 5.41) is 11.0. The lowest BCUT2D eigenvalue weighted by molar-refractivity contribution is -0.121. The fraction of sp³-hybridized carbons (Fsp3) is 0.222. The van der Waals surface area contributed by atoms with Crippen LogP contribution in [0.3, 0.4) is 0 Å². The number of carbonyl (C=O) groups is 1. The Kier molecular flexibility index (Phi) is 7.99. The van der Waals surface area contributed by atoms with Gasteiger partial charge in [-0.25, -0.2) is 4.98 Å². The highest BCUT2D eigenvalue weighted by atomic mass is 32.2. The third-order valence-electron chi connectivity index (χ3n) is 5.47. The van der Waals surface area contributed by atoms with Crippen LogP contribution in [-0.4, -0.2) is 34.7 Å². The van der Waals surface area contributed by atoms with Gasteiger partial charge in [-0.05, 0) is 48.7 Å². The summed E-state index contributed by atoms with van der Waals surface area (Å²) in [5.74, 6) is 1.48. The van der Waals surface area contributed by atoms with Crippen molar-refractivity contribution in [1.29, 1.82) is 0 Å². The summed E-state index contributed by atoms with van der Waals surface area (Å²) in [4.78, 5) is 17.4. The minimum Gasteiger partial charge on any atom is -0.497 e. The van der Waals surface area contributed by atoms with Crippen LogP contribution in [0.2, 0.25) is 0 Å². The molecule has 0 unspecified atom stereocenters. The molecule has 7 heteroatoms. The molecule has 4 rings (SSSR count). The number of methoxy groups -OCH3 is 1. The third kappa shape index (κ3) is 6.48. The summed E-state index contributed by atoms with van der Waals surface area (Å²) in [5.41, 5.74) is 4.38. The van der Waals surface area contributed by atoms with Crippen LogP contribution in [0.15, 0.2) is 84.0 Å². The maximum Gasteiger partial charge on any atom is 0.221 e. The van der Waals surface area contributed by atoms with E-state index in [9.17, 15) is 4.79 Å². The maximum atomic E-state index is 12.8. The van der Waals surface area contributed by atoms with Gasteiger partial charge in [0.25, 0.3) is 0 Å². The molecule has 0 aliphatic rings. The average Bonchev–Trinajstić information content (AvgIpc) is 3.33. The van der Waals surface area contributed by atoms with Crippen LogP contribution in [0.25, 0.3) is 11.4 Å². The van der Waals surface area contributed by atoms with Crippen LogP contribution in [0, 0.1) is 6.92 Å². The molecule has 2 N–H and O–H groups in total. The highest BCUT2D eigenvalue weighted by molar-refractivity contribution is 7.99. The van der Waals surface area contributed by atoms with E-state index >= 15 is 0 Å². The van der Waals surface area contributed by atoms with Crippen molar-refractivity contribution in [3.63, 3.8) is 0 Å². The highest BCUT2D eigenvalue weighted by Gasteiger charge is 2.20. The van der Waals surface area contributed by atoms with E-state index in [0.717, 1.165) is 23.3 Å². The topological polar surface area (TPSA) is 79.9 Å². The second-order valence-corrected chi connectivity index (χ2v) is 9.17. The van der Waals surface area contributed by atoms with Gasteiger partial charge >= 0.3 is 0 Å². The minimum atomic E-state index is -0.100. The number of aryl methyl sites for hydroxylation is 1. The van der Waals surface area contributed by atoms with E-state index in [1.165, 1.54) is 22.9 Å². The maximum absolute atomic E-state index is 12.8. The first-order chi connectivity index (χ1) is 16.6. The Hall–Kier alpha value is -3.58. The Morgan fingerprint density at radius 1 is 1.03 bits per heavy atom. The quantitative estimate of drug-likeness (QED) is 0.303. The van der Waals surface area contributed by atoms with E-state index in [-0.39, 0.29) is 11.2 Å². The first-order valence-corrected chi connectivity index (χ1v) is 12.1. The van der Waals surface area contributed by atoms with Gasteiger partial charge < -0.3 is 10.1 Å². The number of rotatable bonds is 10. The molecule has 6 nitrogen and oxygen atoms in total. The van der Waals surface area contributed by atoms with Crippen molar-refractivity contribution in [1.82, 2.24) is 20.5 Å².